The molecule has 23 heavy (non-hydrogen) atoms. The first-order valence-electron chi connectivity index (χ1n) is 7.87. The molecule has 1 aromatic heterocycles. The molecule has 1 aromatic carbocycles. The molecule has 124 valence electrons. The van der Waals surface area contributed by atoms with E-state index in [1.807, 2.05) is 19.1 Å². The topological polar surface area (TPSA) is 55.2 Å². The predicted molar refractivity (Wildman–Crippen MR) is 90.2 cm³/mol. The fourth-order valence-corrected chi connectivity index (χ4v) is 3.90. The number of hydrogen-bond acceptors (Lipinski definition) is 4. The molecule has 1 fully saturated rings. The maximum atomic E-state index is 11.5. The van der Waals surface area contributed by atoms with Crippen LogP contribution in [0.3, 0.4) is 0 Å². The Balaban J connectivity index is 1.65. The minimum absolute atomic E-state index is 0.378. The number of benzene rings is 1. The Hall–Kier alpha value is -1.66. The van der Waals surface area contributed by atoms with Gasteiger partial charge in [0.25, 0.3) is 0 Å². The molecule has 0 amide bonds. The van der Waals surface area contributed by atoms with Crippen molar-refractivity contribution in [1.29, 1.82) is 0 Å². The van der Waals surface area contributed by atoms with Crippen molar-refractivity contribution in [1.82, 2.24) is 14.7 Å². The van der Waals surface area contributed by atoms with Crippen molar-refractivity contribution in [2.24, 2.45) is 0 Å². The van der Waals surface area contributed by atoms with Gasteiger partial charge in [0.2, 0.25) is 0 Å². The van der Waals surface area contributed by atoms with Gasteiger partial charge in [-0.2, -0.15) is 5.10 Å². The summed E-state index contributed by atoms with van der Waals surface area (Å²) in [5.74, 6) is 0. The predicted octanol–water partition coefficient (Wildman–Crippen LogP) is 2.35. The lowest BCUT2D eigenvalue weighted by Gasteiger charge is -2.17. The zero-order valence-corrected chi connectivity index (χ0v) is 14.7. The third-order valence-electron chi connectivity index (χ3n) is 4.40. The summed E-state index contributed by atoms with van der Waals surface area (Å²) < 4.78 is 25.1. The molecule has 0 unspecified atom stereocenters. The molecular weight excluding hydrogens is 310 g/mol. The Labute approximate surface area is 137 Å². The summed E-state index contributed by atoms with van der Waals surface area (Å²) >= 11 is 0. The largest absolute Gasteiger partial charge is 0.297 e. The first kappa shape index (κ1) is 16.2. The second-order valence-electron chi connectivity index (χ2n) is 6.47. The minimum atomic E-state index is -3.12. The van der Waals surface area contributed by atoms with E-state index in [-0.39, 0.29) is 0 Å². The molecule has 0 spiro atoms. The summed E-state index contributed by atoms with van der Waals surface area (Å²) in [6.45, 7) is 7.00. The highest BCUT2D eigenvalue weighted by molar-refractivity contribution is 7.90. The summed E-state index contributed by atoms with van der Waals surface area (Å²) in [4.78, 5) is 2.78. The molecule has 0 saturated carbocycles. The third-order valence-corrected chi connectivity index (χ3v) is 5.52. The van der Waals surface area contributed by atoms with Gasteiger partial charge in [-0.1, -0.05) is 12.1 Å². The van der Waals surface area contributed by atoms with Gasteiger partial charge in [0.1, 0.15) is 0 Å². The lowest BCUT2D eigenvalue weighted by molar-refractivity contribution is 0.310. The quantitative estimate of drug-likeness (QED) is 0.862. The van der Waals surface area contributed by atoms with E-state index in [1.165, 1.54) is 11.9 Å². The molecule has 0 radical (unpaired) electrons. The van der Waals surface area contributed by atoms with Crippen LogP contribution in [0.4, 0.5) is 0 Å². The van der Waals surface area contributed by atoms with Crippen LogP contribution in [0.5, 0.6) is 0 Å². The van der Waals surface area contributed by atoms with Crippen molar-refractivity contribution in [3.05, 3.63) is 47.3 Å². The summed E-state index contributed by atoms with van der Waals surface area (Å²) in [7, 11) is -3.12. The summed E-state index contributed by atoms with van der Waals surface area (Å²) in [6.07, 6.45) is 2.34. The van der Waals surface area contributed by atoms with Crippen molar-refractivity contribution in [2.75, 3.05) is 19.3 Å². The van der Waals surface area contributed by atoms with Gasteiger partial charge in [-0.3, -0.25) is 9.58 Å². The van der Waals surface area contributed by atoms with Gasteiger partial charge in [-0.15, -0.1) is 0 Å². The summed E-state index contributed by atoms with van der Waals surface area (Å²) in [6, 6.07) is 9.75. The average Bonchev–Trinajstić information content (AvgIpc) is 3.05. The van der Waals surface area contributed by atoms with Crippen molar-refractivity contribution in [3.8, 4) is 0 Å². The molecular formula is C17H23N3O2S. The second-order valence-corrected chi connectivity index (χ2v) is 8.48. The molecule has 6 heteroatoms. The number of hydrogen-bond donors (Lipinski definition) is 0. The molecule has 3 rings (SSSR count). The standard InChI is InChI=1S/C17H23N3O2S/c1-13-10-14(2)20(18-13)16-8-9-19(12-16)11-15-4-6-17(7-5-15)23(3,21)22/h4-7,10,16H,8-9,11-12H2,1-3H3/t16-/m0/s1. The first-order chi connectivity index (χ1) is 10.8. The van der Waals surface area contributed by atoms with Crippen LogP contribution in [0.25, 0.3) is 0 Å². The molecule has 1 atom stereocenters. The van der Waals surface area contributed by atoms with E-state index in [2.05, 4.69) is 27.7 Å². The van der Waals surface area contributed by atoms with Crippen molar-refractivity contribution in [3.63, 3.8) is 0 Å². The Morgan fingerprint density at radius 2 is 1.91 bits per heavy atom. The van der Waals surface area contributed by atoms with Gasteiger partial charge >= 0.3 is 0 Å². The number of likely N-dealkylation sites (tertiary alicyclic amines) is 1. The molecule has 0 N–H and O–H groups in total. The smallest absolute Gasteiger partial charge is 0.175 e. The van der Waals surface area contributed by atoms with Crippen molar-refractivity contribution < 1.29 is 8.42 Å². The Morgan fingerprint density at radius 3 is 2.48 bits per heavy atom. The SMILES string of the molecule is Cc1cc(C)n([C@H]2CCN(Cc3ccc(S(C)(=O)=O)cc3)C2)n1. The highest BCUT2D eigenvalue weighted by Gasteiger charge is 2.25. The summed E-state index contributed by atoms with van der Waals surface area (Å²) in [5.41, 5.74) is 3.43. The van der Waals surface area contributed by atoms with Crippen LogP contribution < -0.4 is 0 Å². The fourth-order valence-electron chi connectivity index (χ4n) is 3.27. The molecule has 1 aliphatic heterocycles. The number of sulfone groups is 1. The highest BCUT2D eigenvalue weighted by Crippen LogP contribution is 2.24. The Bertz CT molecular complexity index is 794. The minimum Gasteiger partial charge on any atom is -0.297 e. The van der Waals surface area contributed by atoms with Gasteiger partial charge in [0.15, 0.2) is 9.84 Å². The van der Waals surface area contributed by atoms with Gasteiger partial charge in [-0.05, 0) is 44.0 Å². The van der Waals surface area contributed by atoms with Gasteiger partial charge in [-0.25, -0.2) is 8.42 Å². The number of rotatable bonds is 4. The van der Waals surface area contributed by atoms with E-state index in [4.69, 9.17) is 0 Å². The molecule has 0 bridgehead atoms. The molecule has 1 aliphatic rings. The van der Waals surface area contributed by atoms with Gasteiger partial charge in [0.05, 0.1) is 16.6 Å². The van der Waals surface area contributed by atoms with Crippen LogP contribution in [0.1, 0.15) is 29.4 Å². The molecule has 5 nitrogen and oxygen atoms in total. The van der Waals surface area contributed by atoms with Crippen LogP contribution in [0.15, 0.2) is 35.2 Å². The van der Waals surface area contributed by atoms with E-state index in [0.29, 0.717) is 10.9 Å². The number of aromatic nitrogens is 2. The average molecular weight is 333 g/mol. The van der Waals surface area contributed by atoms with E-state index < -0.39 is 9.84 Å². The van der Waals surface area contributed by atoms with E-state index in [1.54, 1.807) is 12.1 Å². The van der Waals surface area contributed by atoms with Gasteiger partial charge in [0, 0.05) is 31.6 Å². The van der Waals surface area contributed by atoms with Gasteiger partial charge < -0.3 is 0 Å². The molecule has 2 heterocycles. The van der Waals surface area contributed by atoms with Crippen molar-refractivity contribution >= 4 is 9.84 Å². The van der Waals surface area contributed by atoms with E-state index in [0.717, 1.165) is 37.3 Å². The third kappa shape index (κ3) is 3.64. The number of nitrogens with zero attached hydrogens (tertiary/aromatic N) is 3. The maximum Gasteiger partial charge on any atom is 0.175 e. The van der Waals surface area contributed by atoms with E-state index >= 15 is 0 Å². The Kier molecular flexibility index (Phi) is 4.29. The zero-order valence-electron chi connectivity index (χ0n) is 13.9. The zero-order chi connectivity index (χ0) is 16.6. The van der Waals surface area contributed by atoms with Crippen molar-refractivity contribution in [2.45, 2.75) is 37.8 Å². The van der Waals surface area contributed by atoms with Crippen LogP contribution >= 0.6 is 0 Å². The molecule has 0 aliphatic carbocycles. The lowest BCUT2D eigenvalue weighted by Crippen LogP contribution is -2.22. The maximum absolute atomic E-state index is 11.5. The van der Waals surface area contributed by atoms with Crippen LogP contribution in [-0.4, -0.2) is 42.4 Å². The second kappa shape index (κ2) is 6.09. The monoisotopic (exact) mass is 333 g/mol. The Morgan fingerprint density at radius 1 is 1.22 bits per heavy atom. The lowest BCUT2D eigenvalue weighted by atomic mass is 10.2. The normalized spacial score (nSPS) is 19.3. The fraction of sp³-hybridized carbons (Fsp3) is 0.471. The van der Waals surface area contributed by atoms with Crippen LogP contribution in [0.2, 0.25) is 0 Å². The van der Waals surface area contributed by atoms with Crippen LogP contribution in [0, 0.1) is 13.8 Å². The first-order valence-corrected chi connectivity index (χ1v) is 9.76. The molecule has 2 aromatic rings. The van der Waals surface area contributed by atoms with E-state index in [9.17, 15) is 8.42 Å². The number of aryl methyl sites for hydroxylation is 2. The highest BCUT2D eigenvalue weighted by atomic mass is 32.2. The molecule has 1 saturated heterocycles. The summed E-state index contributed by atoms with van der Waals surface area (Å²) in [5, 5.41) is 4.60. The van der Waals surface area contributed by atoms with Crippen LogP contribution in [-0.2, 0) is 16.4 Å².